The quantitative estimate of drug-likeness (QED) is 0.391. The zero-order valence-electron chi connectivity index (χ0n) is 15.8. The Morgan fingerprint density at radius 2 is 1.74 bits per heavy atom. The Morgan fingerprint density at radius 3 is 2.48 bits per heavy atom. The monoisotopic (exact) mass is 383 g/mol. The Morgan fingerprint density at radius 1 is 0.963 bits per heavy atom. The summed E-state index contributed by atoms with van der Waals surface area (Å²) in [4.78, 5) is 0. The molecule has 0 saturated carbocycles. The highest BCUT2D eigenvalue weighted by molar-refractivity contribution is 7.99. The molecule has 0 saturated heterocycles. The smallest absolute Gasteiger partial charge is 0.191 e. The molecule has 1 heterocycles. The van der Waals surface area contributed by atoms with Crippen LogP contribution in [0.3, 0.4) is 0 Å². The number of benzene rings is 2. The van der Waals surface area contributed by atoms with E-state index in [2.05, 4.69) is 46.0 Å². The van der Waals surface area contributed by atoms with Crippen molar-refractivity contribution >= 4 is 11.8 Å². The predicted molar refractivity (Wildman–Crippen MR) is 109 cm³/mol. The molecule has 0 fully saturated rings. The fourth-order valence-corrected chi connectivity index (χ4v) is 3.47. The second-order valence-corrected chi connectivity index (χ2v) is 7.28. The van der Waals surface area contributed by atoms with Gasteiger partial charge in [-0.1, -0.05) is 59.8 Å². The SMILES string of the molecule is COCCn1c(Cc2ccccc2)nnc1SCCOc1ccc(C)cc1. The van der Waals surface area contributed by atoms with Gasteiger partial charge in [-0.05, 0) is 24.6 Å². The first-order valence-electron chi connectivity index (χ1n) is 9.03. The van der Waals surface area contributed by atoms with Gasteiger partial charge in [-0.25, -0.2) is 0 Å². The number of hydrogen-bond acceptors (Lipinski definition) is 5. The minimum Gasteiger partial charge on any atom is -0.493 e. The lowest BCUT2D eigenvalue weighted by Gasteiger charge is -2.10. The fourth-order valence-electron chi connectivity index (χ4n) is 2.67. The highest BCUT2D eigenvalue weighted by Gasteiger charge is 2.13. The van der Waals surface area contributed by atoms with Crippen molar-refractivity contribution in [2.75, 3.05) is 26.1 Å². The van der Waals surface area contributed by atoms with Gasteiger partial charge in [0, 0.05) is 25.8 Å². The maximum absolute atomic E-state index is 5.80. The molecular formula is C21H25N3O2S. The third kappa shape index (κ3) is 5.84. The van der Waals surface area contributed by atoms with Gasteiger partial charge in [-0.15, -0.1) is 10.2 Å². The normalized spacial score (nSPS) is 10.9. The number of ether oxygens (including phenoxy) is 2. The van der Waals surface area contributed by atoms with Crippen molar-refractivity contribution < 1.29 is 9.47 Å². The van der Waals surface area contributed by atoms with Crippen LogP contribution in [-0.4, -0.2) is 40.8 Å². The second-order valence-electron chi connectivity index (χ2n) is 6.22. The first-order valence-corrected chi connectivity index (χ1v) is 10.0. The molecule has 3 rings (SSSR count). The van der Waals surface area contributed by atoms with Crippen LogP contribution >= 0.6 is 11.8 Å². The molecule has 0 aliphatic rings. The average molecular weight is 384 g/mol. The largest absolute Gasteiger partial charge is 0.493 e. The standard InChI is InChI=1S/C21H25N3O2S/c1-17-8-10-19(11-9-17)26-14-15-27-21-23-22-20(24(21)12-13-25-2)16-18-6-4-3-5-7-18/h3-11H,12-16H2,1-2H3. The van der Waals surface area contributed by atoms with Crippen LogP contribution in [0.4, 0.5) is 0 Å². The molecule has 5 nitrogen and oxygen atoms in total. The molecule has 27 heavy (non-hydrogen) atoms. The van der Waals surface area contributed by atoms with E-state index < -0.39 is 0 Å². The number of thioether (sulfide) groups is 1. The van der Waals surface area contributed by atoms with Crippen molar-refractivity contribution in [2.24, 2.45) is 0 Å². The van der Waals surface area contributed by atoms with E-state index >= 15 is 0 Å². The summed E-state index contributed by atoms with van der Waals surface area (Å²) < 4.78 is 13.2. The Kier molecular flexibility index (Phi) is 7.30. The van der Waals surface area contributed by atoms with E-state index in [1.54, 1.807) is 18.9 Å². The summed E-state index contributed by atoms with van der Waals surface area (Å²) in [5.74, 6) is 2.66. The maximum atomic E-state index is 5.80. The van der Waals surface area contributed by atoms with Crippen molar-refractivity contribution in [3.63, 3.8) is 0 Å². The molecule has 0 spiro atoms. The van der Waals surface area contributed by atoms with E-state index in [9.17, 15) is 0 Å². The molecule has 0 N–H and O–H groups in total. The Hall–Kier alpha value is -2.31. The summed E-state index contributed by atoms with van der Waals surface area (Å²) in [6.07, 6.45) is 0.762. The van der Waals surface area contributed by atoms with Crippen molar-refractivity contribution in [1.29, 1.82) is 0 Å². The number of methoxy groups -OCH3 is 1. The van der Waals surface area contributed by atoms with Gasteiger partial charge < -0.3 is 14.0 Å². The first-order chi connectivity index (χ1) is 13.3. The summed E-state index contributed by atoms with van der Waals surface area (Å²) >= 11 is 1.66. The number of aryl methyl sites for hydroxylation is 1. The lowest BCUT2D eigenvalue weighted by atomic mass is 10.1. The molecule has 0 amide bonds. The van der Waals surface area contributed by atoms with E-state index in [0.717, 1.165) is 35.4 Å². The molecule has 0 aliphatic carbocycles. The first kappa shape index (κ1) is 19.5. The lowest BCUT2D eigenvalue weighted by Crippen LogP contribution is -2.11. The van der Waals surface area contributed by atoms with Crippen LogP contribution in [0.2, 0.25) is 0 Å². The molecular weight excluding hydrogens is 358 g/mol. The molecule has 0 aliphatic heterocycles. The van der Waals surface area contributed by atoms with Gasteiger partial charge in [0.25, 0.3) is 0 Å². The summed E-state index contributed by atoms with van der Waals surface area (Å²) in [6, 6.07) is 18.4. The van der Waals surface area contributed by atoms with E-state index in [1.165, 1.54) is 11.1 Å². The molecule has 0 unspecified atom stereocenters. The van der Waals surface area contributed by atoms with Crippen molar-refractivity contribution in [3.05, 3.63) is 71.5 Å². The van der Waals surface area contributed by atoms with E-state index in [-0.39, 0.29) is 0 Å². The Balaban J connectivity index is 1.59. The second kappa shape index (κ2) is 10.1. The molecule has 1 aromatic heterocycles. The zero-order valence-corrected chi connectivity index (χ0v) is 16.6. The minimum absolute atomic E-state index is 0.624. The average Bonchev–Trinajstić information content (AvgIpc) is 3.07. The van der Waals surface area contributed by atoms with Crippen molar-refractivity contribution in [2.45, 2.75) is 25.0 Å². The number of rotatable bonds is 10. The van der Waals surface area contributed by atoms with Gasteiger partial charge in [0.1, 0.15) is 11.6 Å². The van der Waals surface area contributed by atoms with Gasteiger partial charge in [0.2, 0.25) is 0 Å². The highest BCUT2D eigenvalue weighted by atomic mass is 32.2. The molecule has 2 aromatic carbocycles. The van der Waals surface area contributed by atoms with Crippen molar-refractivity contribution in [3.8, 4) is 5.75 Å². The van der Waals surface area contributed by atoms with Crippen LogP contribution in [0.5, 0.6) is 5.75 Å². The Bertz CT molecular complexity index is 819. The fraction of sp³-hybridized carbons (Fsp3) is 0.333. The van der Waals surface area contributed by atoms with Crippen molar-refractivity contribution in [1.82, 2.24) is 14.8 Å². The van der Waals surface area contributed by atoms with Crippen LogP contribution in [0.15, 0.2) is 59.8 Å². The zero-order chi connectivity index (χ0) is 18.9. The highest BCUT2D eigenvalue weighted by Crippen LogP contribution is 2.19. The summed E-state index contributed by atoms with van der Waals surface area (Å²) in [7, 11) is 1.71. The molecule has 0 atom stereocenters. The van der Waals surface area contributed by atoms with E-state index in [4.69, 9.17) is 9.47 Å². The number of nitrogens with zero attached hydrogens (tertiary/aromatic N) is 3. The molecule has 6 heteroatoms. The summed E-state index contributed by atoms with van der Waals surface area (Å²) in [6.45, 7) is 4.07. The molecule has 0 radical (unpaired) electrons. The molecule has 3 aromatic rings. The van der Waals surface area contributed by atoms with E-state index in [1.807, 2.05) is 30.3 Å². The van der Waals surface area contributed by atoms with Gasteiger partial charge in [-0.3, -0.25) is 0 Å². The van der Waals surface area contributed by atoms with Crippen LogP contribution in [0.25, 0.3) is 0 Å². The number of aromatic nitrogens is 3. The third-order valence-electron chi connectivity index (χ3n) is 4.12. The summed E-state index contributed by atoms with van der Waals surface area (Å²) in [5.41, 5.74) is 2.46. The topological polar surface area (TPSA) is 49.2 Å². The lowest BCUT2D eigenvalue weighted by molar-refractivity contribution is 0.184. The minimum atomic E-state index is 0.624. The van der Waals surface area contributed by atoms with Gasteiger partial charge in [-0.2, -0.15) is 0 Å². The van der Waals surface area contributed by atoms with Crippen LogP contribution < -0.4 is 4.74 Å². The van der Waals surface area contributed by atoms with E-state index in [0.29, 0.717) is 13.2 Å². The van der Waals surface area contributed by atoms with Crippen LogP contribution in [-0.2, 0) is 17.7 Å². The maximum Gasteiger partial charge on any atom is 0.191 e. The van der Waals surface area contributed by atoms with Gasteiger partial charge in [0.05, 0.1) is 13.2 Å². The van der Waals surface area contributed by atoms with Crippen LogP contribution in [0.1, 0.15) is 17.0 Å². The van der Waals surface area contributed by atoms with Gasteiger partial charge in [0.15, 0.2) is 5.16 Å². The van der Waals surface area contributed by atoms with Crippen LogP contribution in [0, 0.1) is 6.92 Å². The number of hydrogen-bond donors (Lipinski definition) is 0. The summed E-state index contributed by atoms with van der Waals surface area (Å²) in [5, 5.41) is 9.70. The molecule has 0 bridgehead atoms. The molecule has 142 valence electrons. The third-order valence-corrected chi connectivity index (χ3v) is 5.05. The van der Waals surface area contributed by atoms with Gasteiger partial charge >= 0.3 is 0 Å². The Labute approximate surface area is 164 Å². The predicted octanol–water partition coefficient (Wildman–Crippen LogP) is 3.99.